The standard InChI is InChI=1S/C14H16ClN3O2S/c1-3-20-14(19)11-12(16)18(17-13(11)21-2)8-9-5-4-6-10(15)7-9/h4-7H,3,8,16H2,1-2H3. The van der Waals surface area contributed by atoms with Crippen LogP contribution in [0.3, 0.4) is 0 Å². The molecular formula is C14H16ClN3O2S. The van der Waals surface area contributed by atoms with Crippen LogP contribution in [0.5, 0.6) is 0 Å². The summed E-state index contributed by atoms with van der Waals surface area (Å²) in [6.45, 7) is 2.49. The van der Waals surface area contributed by atoms with Crippen LogP contribution in [-0.4, -0.2) is 28.6 Å². The van der Waals surface area contributed by atoms with Crippen LogP contribution in [-0.2, 0) is 11.3 Å². The van der Waals surface area contributed by atoms with Crippen molar-refractivity contribution in [1.82, 2.24) is 9.78 Å². The number of aromatic nitrogens is 2. The van der Waals surface area contributed by atoms with Crippen molar-refractivity contribution in [3.05, 3.63) is 40.4 Å². The van der Waals surface area contributed by atoms with Crippen LogP contribution >= 0.6 is 23.4 Å². The van der Waals surface area contributed by atoms with Gasteiger partial charge < -0.3 is 10.5 Å². The maximum atomic E-state index is 12.0. The largest absolute Gasteiger partial charge is 0.462 e. The summed E-state index contributed by atoms with van der Waals surface area (Å²) in [6.07, 6.45) is 1.84. The molecule has 1 heterocycles. The van der Waals surface area contributed by atoms with Gasteiger partial charge >= 0.3 is 5.97 Å². The Hall–Kier alpha value is -1.66. The SMILES string of the molecule is CCOC(=O)c1c(SC)nn(Cc2cccc(Cl)c2)c1N. The van der Waals surface area contributed by atoms with E-state index in [2.05, 4.69) is 5.10 Å². The van der Waals surface area contributed by atoms with E-state index in [9.17, 15) is 4.79 Å². The number of nitrogens with two attached hydrogens (primary N) is 1. The number of ether oxygens (including phenoxy) is 1. The quantitative estimate of drug-likeness (QED) is 0.675. The van der Waals surface area contributed by atoms with E-state index in [1.165, 1.54) is 11.8 Å². The number of anilines is 1. The molecule has 0 radical (unpaired) electrons. The summed E-state index contributed by atoms with van der Waals surface area (Å²) in [6, 6.07) is 7.43. The van der Waals surface area contributed by atoms with Crippen LogP contribution < -0.4 is 5.73 Å². The first kappa shape index (κ1) is 15.7. The minimum absolute atomic E-state index is 0.297. The molecule has 0 unspecified atom stereocenters. The molecule has 2 rings (SSSR count). The fourth-order valence-electron chi connectivity index (χ4n) is 1.92. The second kappa shape index (κ2) is 6.87. The number of nitrogen functional groups attached to an aromatic ring is 1. The van der Waals surface area contributed by atoms with Crippen molar-refractivity contribution in [3.63, 3.8) is 0 Å². The number of thioether (sulfide) groups is 1. The first-order valence-corrected chi connectivity index (χ1v) is 7.99. The Morgan fingerprint density at radius 1 is 1.52 bits per heavy atom. The van der Waals surface area contributed by atoms with Gasteiger partial charge in [-0.05, 0) is 30.9 Å². The van der Waals surface area contributed by atoms with Crippen LogP contribution in [0.2, 0.25) is 5.02 Å². The normalized spacial score (nSPS) is 10.6. The van der Waals surface area contributed by atoms with Crippen molar-refractivity contribution < 1.29 is 9.53 Å². The molecule has 5 nitrogen and oxygen atoms in total. The highest BCUT2D eigenvalue weighted by Crippen LogP contribution is 2.26. The van der Waals surface area contributed by atoms with Gasteiger partial charge in [-0.15, -0.1) is 11.8 Å². The van der Waals surface area contributed by atoms with Gasteiger partial charge in [0.1, 0.15) is 16.4 Å². The first-order chi connectivity index (χ1) is 10.1. The van der Waals surface area contributed by atoms with Crippen molar-refractivity contribution in [3.8, 4) is 0 Å². The van der Waals surface area contributed by atoms with Gasteiger partial charge in [0.15, 0.2) is 0 Å². The molecule has 0 bridgehead atoms. The number of nitrogens with zero attached hydrogens (tertiary/aromatic N) is 2. The fourth-order valence-corrected chi connectivity index (χ4v) is 2.70. The molecule has 21 heavy (non-hydrogen) atoms. The van der Waals surface area contributed by atoms with E-state index in [1.807, 2.05) is 24.5 Å². The predicted octanol–water partition coefficient (Wildman–Crippen LogP) is 3.07. The number of rotatable bonds is 5. The summed E-state index contributed by atoms with van der Waals surface area (Å²) >= 11 is 7.33. The number of esters is 1. The molecule has 1 aromatic carbocycles. The van der Waals surface area contributed by atoms with Gasteiger partial charge in [-0.1, -0.05) is 23.7 Å². The molecule has 0 aliphatic rings. The molecule has 2 N–H and O–H groups in total. The van der Waals surface area contributed by atoms with Gasteiger partial charge in [-0.2, -0.15) is 5.10 Å². The van der Waals surface area contributed by atoms with E-state index in [1.54, 1.807) is 17.7 Å². The van der Waals surface area contributed by atoms with Crippen molar-refractivity contribution >= 4 is 35.1 Å². The summed E-state index contributed by atoms with van der Waals surface area (Å²) in [4.78, 5) is 12.0. The van der Waals surface area contributed by atoms with Crippen molar-refractivity contribution in [2.75, 3.05) is 18.6 Å². The lowest BCUT2D eigenvalue weighted by molar-refractivity contribution is 0.0523. The number of hydrogen-bond acceptors (Lipinski definition) is 5. The van der Waals surface area contributed by atoms with Crippen LogP contribution in [0.15, 0.2) is 29.3 Å². The van der Waals surface area contributed by atoms with Crippen LogP contribution in [0.1, 0.15) is 22.8 Å². The smallest absolute Gasteiger partial charge is 0.344 e. The average Bonchev–Trinajstić information content (AvgIpc) is 2.76. The van der Waals surface area contributed by atoms with Crippen LogP contribution in [0.25, 0.3) is 0 Å². The van der Waals surface area contributed by atoms with Gasteiger partial charge in [0.05, 0.1) is 13.2 Å². The molecule has 0 spiro atoms. The third-order valence-corrected chi connectivity index (χ3v) is 3.76. The Balaban J connectivity index is 2.35. The summed E-state index contributed by atoms with van der Waals surface area (Å²) in [5.74, 6) is -0.144. The number of hydrogen-bond donors (Lipinski definition) is 1. The van der Waals surface area contributed by atoms with E-state index in [0.29, 0.717) is 34.6 Å². The molecule has 0 aliphatic heterocycles. The maximum absolute atomic E-state index is 12.0. The molecule has 0 atom stereocenters. The Bertz CT molecular complexity index is 658. The highest BCUT2D eigenvalue weighted by Gasteiger charge is 2.22. The lowest BCUT2D eigenvalue weighted by Gasteiger charge is -2.05. The monoisotopic (exact) mass is 325 g/mol. The molecule has 0 saturated heterocycles. The lowest BCUT2D eigenvalue weighted by atomic mass is 10.2. The number of halogens is 1. The maximum Gasteiger partial charge on any atom is 0.344 e. The zero-order chi connectivity index (χ0) is 15.4. The van der Waals surface area contributed by atoms with Gasteiger partial charge in [0.25, 0.3) is 0 Å². The molecule has 0 saturated carbocycles. The van der Waals surface area contributed by atoms with Crippen LogP contribution in [0, 0.1) is 0 Å². The average molecular weight is 326 g/mol. The Kier molecular flexibility index (Phi) is 5.14. The van der Waals surface area contributed by atoms with E-state index >= 15 is 0 Å². The summed E-state index contributed by atoms with van der Waals surface area (Å²) in [5.41, 5.74) is 7.33. The summed E-state index contributed by atoms with van der Waals surface area (Å²) in [5, 5.41) is 5.58. The summed E-state index contributed by atoms with van der Waals surface area (Å²) in [7, 11) is 0. The molecule has 0 amide bonds. The van der Waals surface area contributed by atoms with Gasteiger partial charge in [-0.3, -0.25) is 0 Å². The molecular weight excluding hydrogens is 310 g/mol. The predicted molar refractivity (Wildman–Crippen MR) is 84.9 cm³/mol. The summed E-state index contributed by atoms with van der Waals surface area (Å²) < 4.78 is 6.61. The zero-order valence-electron chi connectivity index (χ0n) is 11.8. The lowest BCUT2D eigenvalue weighted by Crippen LogP contribution is -2.10. The molecule has 0 fully saturated rings. The minimum Gasteiger partial charge on any atom is -0.462 e. The molecule has 0 aliphatic carbocycles. The Labute approximate surface area is 132 Å². The highest BCUT2D eigenvalue weighted by atomic mass is 35.5. The number of benzene rings is 1. The van der Waals surface area contributed by atoms with E-state index in [4.69, 9.17) is 22.1 Å². The minimum atomic E-state index is -0.448. The van der Waals surface area contributed by atoms with Crippen molar-refractivity contribution in [2.24, 2.45) is 0 Å². The first-order valence-electron chi connectivity index (χ1n) is 6.38. The van der Waals surface area contributed by atoms with Crippen LogP contribution in [0.4, 0.5) is 5.82 Å². The highest BCUT2D eigenvalue weighted by molar-refractivity contribution is 7.98. The van der Waals surface area contributed by atoms with E-state index < -0.39 is 5.97 Å². The molecule has 2 aromatic rings. The number of carbonyl (C=O) groups is 1. The molecule has 7 heteroatoms. The van der Waals surface area contributed by atoms with E-state index in [-0.39, 0.29) is 0 Å². The third kappa shape index (κ3) is 3.51. The second-order valence-electron chi connectivity index (χ2n) is 4.28. The fraction of sp³-hybridized carbons (Fsp3) is 0.286. The van der Waals surface area contributed by atoms with Crippen molar-refractivity contribution in [1.29, 1.82) is 0 Å². The third-order valence-electron chi connectivity index (χ3n) is 2.85. The Morgan fingerprint density at radius 3 is 2.90 bits per heavy atom. The molecule has 1 aromatic heterocycles. The van der Waals surface area contributed by atoms with Gasteiger partial charge in [0, 0.05) is 5.02 Å². The van der Waals surface area contributed by atoms with Crippen molar-refractivity contribution in [2.45, 2.75) is 18.5 Å². The second-order valence-corrected chi connectivity index (χ2v) is 5.51. The van der Waals surface area contributed by atoms with E-state index in [0.717, 1.165) is 5.56 Å². The Morgan fingerprint density at radius 2 is 2.29 bits per heavy atom. The zero-order valence-corrected chi connectivity index (χ0v) is 13.4. The van der Waals surface area contributed by atoms with Gasteiger partial charge in [-0.25, -0.2) is 9.48 Å². The topological polar surface area (TPSA) is 70.1 Å². The number of carbonyl (C=O) groups excluding carboxylic acids is 1. The molecule has 112 valence electrons. The van der Waals surface area contributed by atoms with Gasteiger partial charge in [0.2, 0.25) is 0 Å².